The summed E-state index contributed by atoms with van der Waals surface area (Å²) in [5.74, 6) is -0.647. The molecule has 1 unspecified atom stereocenters. The van der Waals surface area contributed by atoms with E-state index >= 15 is 0 Å². The first-order valence-corrected chi connectivity index (χ1v) is 12.7. The molecule has 3 aromatic carbocycles. The van der Waals surface area contributed by atoms with E-state index in [1.165, 1.54) is 29.5 Å². The molecule has 0 spiro atoms. The van der Waals surface area contributed by atoms with Gasteiger partial charge in [0.25, 0.3) is 0 Å². The van der Waals surface area contributed by atoms with E-state index in [2.05, 4.69) is 20.3 Å². The van der Waals surface area contributed by atoms with Crippen molar-refractivity contribution in [2.24, 2.45) is 0 Å². The van der Waals surface area contributed by atoms with Gasteiger partial charge in [0.2, 0.25) is 0 Å². The molecular formula is C29H31F2N5O2. The summed E-state index contributed by atoms with van der Waals surface area (Å²) >= 11 is 0. The molecule has 38 heavy (non-hydrogen) atoms. The molecule has 1 fully saturated rings. The fourth-order valence-corrected chi connectivity index (χ4v) is 4.90. The van der Waals surface area contributed by atoms with E-state index in [4.69, 9.17) is 4.74 Å². The zero-order valence-electron chi connectivity index (χ0n) is 21.0. The topological polar surface area (TPSA) is 75.4 Å². The first kappa shape index (κ1) is 25.8. The Morgan fingerprint density at radius 3 is 2.42 bits per heavy atom. The highest BCUT2D eigenvalue weighted by atomic mass is 19.1. The Morgan fingerprint density at radius 1 is 0.974 bits per heavy atom. The van der Waals surface area contributed by atoms with Crippen molar-refractivity contribution in [1.29, 1.82) is 0 Å². The third kappa shape index (κ3) is 6.54. The predicted octanol–water partition coefficient (Wildman–Crippen LogP) is 4.60. The lowest BCUT2D eigenvalue weighted by molar-refractivity contribution is -0.0260. The fourth-order valence-electron chi connectivity index (χ4n) is 4.90. The number of likely N-dealkylation sites (tertiary alicyclic amines) is 1. The molecule has 7 nitrogen and oxygen atoms in total. The molecule has 1 aliphatic rings. The molecule has 0 radical (unpaired) electrons. The van der Waals surface area contributed by atoms with Gasteiger partial charge < -0.3 is 15.2 Å². The van der Waals surface area contributed by atoms with Crippen LogP contribution in [-0.2, 0) is 18.8 Å². The number of ether oxygens (including phenoxy) is 1. The Bertz CT molecular complexity index is 1300. The van der Waals surface area contributed by atoms with E-state index in [1.54, 1.807) is 0 Å². The molecule has 2 heterocycles. The molecule has 0 saturated carbocycles. The molecule has 1 saturated heterocycles. The van der Waals surface area contributed by atoms with Crippen LogP contribution in [0.3, 0.4) is 0 Å². The van der Waals surface area contributed by atoms with Gasteiger partial charge in [-0.05, 0) is 48.7 Å². The van der Waals surface area contributed by atoms with Gasteiger partial charge in [0.15, 0.2) is 0 Å². The number of benzene rings is 3. The van der Waals surface area contributed by atoms with Gasteiger partial charge >= 0.3 is 0 Å². The van der Waals surface area contributed by atoms with Gasteiger partial charge in [-0.1, -0.05) is 36.4 Å². The Kier molecular flexibility index (Phi) is 7.95. The average molecular weight is 520 g/mol. The first-order valence-electron chi connectivity index (χ1n) is 12.7. The summed E-state index contributed by atoms with van der Waals surface area (Å²) in [7, 11) is 0. The maximum absolute atomic E-state index is 14.7. The standard InChI is InChI=1S/C29H31F2N5O2/c30-23-6-11-27(28(31)16-23)29(37,19-36-21-32-20-33-36)18-35-14-12-25(13-15-35)34-24-7-9-26(10-8-24)38-17-22-4-2-1-3-5-22/h1-11,16,20-21,25,34,37H,12-15,17-19H2. The first-order chi connectivity index (χ1) is 18.5. The number of aliphatic hydroxyl groups is 1. The van der Waals surface area contributed by atoms with Gasteiger partial charge in [-0.2, -0.15) is 5.10 Å². The smallest absolute Gasteiger partial charge is 0.137 e. The predicted molar refractivity (Wildman–Crippen MR) is 141 cm³/mol. The average Bonchev–Trinajstić information content (AvgIpc) is 3.42. The van der Waals surface area contributed by atoms with Crippen molar-refractivity contribution in [2.75, 3.05) is 25.0 Å². The molecule has 2 N–H and O–H groups in total. The molecule has 198 valence electrons. The maximum atomic E-state index is 14.7. The number of β-amino-alcohol motifs (C(OH)–C–C–N with tert-alkyl or cyclic N) is 1. The van der Waals surface area contributed by atoms with Crippen LogP contribution in [0, 0.1) is 11.6 Å². The minimum absolute atomic E-state index is 0.00637. The van der Waals surface area contributed by atoms with Crippen LogP contribution in [-0.4, -0.2) is 50.4 Å². The van der Waals surface area contributed by atoms with Crippen molar-refractivity contribution in [3.8, 4) is 5.75 Å². The van der Waals surface area contributed by atoms with E-state index in [0.29, 0.717) is 6.61 Å². The molecule has 1 aromatic heterocycles. The highest BCUT2D eigenvalue weighted by Crippen LogP contribution is 2.29. The molecule has 0 aliphatic carbocycles. The van der Waals surface area contributed by atoms with E-state index < -0.39 is 17.2 Å². The van der Waals surface area contributed by atoms with Crippen LogP contribution in [0.2, 0.25) is 0 Å². The largest absolute Gasteiger partial charge is 0.489 e. The van der Waals surface area contributed by atoms with Gasteiger partial charge in [-0.3, -0.25) is 4.90 Å². The molecule has 1 atom stereocenters. The lowest BCUT2D eigenvalue weighted by Crippen LogP contribution is -2.48. The zero-order valence-corrected chi connectivity index (χ0v) is 21.0. The number of anilines is 1. The second-order valence-corrected chi connectivity index (χ2v) is 9.74. The summed E-state index contributed by atoms with van der Waals surface area (Å²) in [6.45, 7) is 2.16. The quantitative estimate of drug-likeness (QED) is 0.319. The number of aromatic nitrogens is 3. The third-order valence-corrected chi connectivity index (χ3v) is 6.87. The maximum Gasteiger partial charge on any atom is 0.137 e. The zero-order chi connectivity index (χ0) is 26.4. The van der Waals surface area contributed by atoms with E-state index in [9.17, 15) is 13.9 Å². The van der Waals surface area contributed by atoms with Crippen LogP contribution in [0.1, 0.15) is 24.0 Å². The van der Waals surface area contributed by atoms with E-state index in [-0.39, 0.29) is 24.7 Å². The van der Waals surface area contributed by atoms with Crippen LogP contribution in [0.4, 0.5) is 14.5 Å². The number of rotatable bonds is 10. The van der Waals surface area contributed by atoms with Gasteiger partial charge in [-0.25, -0.2) is 18.4 Å². The summed E-state index contributed by atoms with van der Waals surface area (Å²) in [6.07, 6.45) is 4.55. The fraction of sp³-hybridized carbons (Fsp3) is 0.310. The molecule has 0 bridgehead atoms. The van der Waals surface area contributed by atoms with Crippen molar-refractivity contribution in [3.05, 3.63) is 108 Å². The van der Waals surface area contributed by atoms with Gasteiger partial charge in [0.05, 0.1) is 6.54 Å². The lowest BCUT2D eigenvalue weighted by Gasteiger charge is -2.38. The Hall–Kier alpha value is -3.82. The van der Waals surface area contributed by atoms with Crippen molar-refractivity contribution in [2.45, 2.75) is 37.6 Å². The van der Waals surface area contributed by atoms with Crippen molar-refractivity contribution >= 4 is 5.69 Å². The van der Waals surface area contributed by atoms with Gasteiger partial charge in [0, 0.05) is 43.0 Å². The molecule has 1 aliphatic heterocycles. The Morgan fingerprint density at radius 2 is 1.74 bits per heavy atom. The second kappa shape index (κ2) is 11.7. The summed E-state index contributed by atoms with van der Waals surface area (Å²) in [5, 5.41) is 19.3. The summed E-state index contributed by atoms with van der Waals surface area (Å²) < 4.78 is 35.6. The summed E-state index contributed by atoms with van der Waals surface area (Å²) in [4.78, 5) is 6.03. The SMILES string of the molecule is OC(CN1CCC(Nc2ccc(OCc3ccccc3)cc2)CC1)(Cn1cncn1)c1ccc(F)cc1F. The van der Waals surface area contributed by atoms with Crippen molar-refractivity contribution in [1.82, 2.24) is 19.7 Å². The minimum Gasteiger partial charge on any atom is -0.489 e. The number of halogens is 2. The number of hydrogen-bond acceptors (Lipinski definition) is 6. The summed E-state index contributed by atoms with van der Waals surface area (Å²) in [5.41, 5.74) is 0.592. The van der Waals surface area contributed by atoms with Crippen LogP contribution in [0.25, 0.3) is 0 Å². The highest BCUT2D eigenvalue weighted by Gasteiger charge is 2.36. The molecule has 4 aromatic rings. The third-order valence-electron chi connectivity index (χ3n) is 6.87. The van der Waals surface area contributed by atoms with Crippen molar-refractivity contribution < 1.29 is 18.6 Å². The minimum atomic E-state index is -1.60. The van der Waals surface area contributed by atoms with Crippen LogP contribution in [0.5, 0.6) is 5.75 Å². The second-order valence-electron chi connectivity index (χ2n) is 9.74. The Labute approximate surface area is 220 Å². The molecule has 5 rings (SSSR count). The van der Waals surface area contributed by atoms with Gasteiger partial charge in [0.1, 0.15) is 42.2 Å². The monoisotopic (exact) mass is 519 g/mol. The molecule has 0 amide bonds. The summed E-state index contributed by atoms with van der Waals surface area (Å²) in [6, 6.07) is 21.5. The van der Waals surface area contributed by atoms with Crippen molar-refractivity contribution in [3.63, 3.8) is 0 Å². The normalized spacial score (nSPS) is 16.2. The number of piperidine rings is 1. The lowest BCUT2D eigenvalue weighted by atomic mass is 9.91. The Balaban J connectivity index is 1.16. The van der Waals surface area contributed by atoms with E-state index in [1.807, 2.05) is 54.6 Å². The van der Waals surface area contributed by atoms with Crippen LogP contribution in [0.15, 0.2) is 85.5 Å². The molecule has 9 heteroatoms. The number of nitrogens with one attached hydrogen (secondary N) is 1. The van der Waals surface area contributed by atoms with Crippen LogP contribution >= 0.6 is 0 Å². The van der Waals surface area contributed by atoms with E-state index in [0.717, 1.165) is 49.0 Å². The molecular weight excluding hydrogens is 488 g/mol. The van der Waals surface area contributed by atoms with Gasteiger partial charge in [-0.15, -0.1) is 0 Å². The highest BCUT2D eigenvalue weighted by molar-refractivity contribution is 5.47. The number of nitrogens with zero attached hydrogens (tertiary/aromatic N) is 4. The number of hydrogen-bond donors (Lipinski definition) is 2. The van der Waals surface area contributed by atoms with Crippen LogP contribution < -0.4 is 10.1 Å².